The predicted octanol–water partition coefficient (Wildman–Crippen LogP) is 6.54. The van der Waals surface area contributed by atoms with Crippen molar-refractivity contribution in [1.82, 2.24) is 10.2 Å². The molecule has 1 aromatic carbocycles. The molecule has 0 bridgehead atoms. The van der Waals surface area contributed by atoms with Crippen molar-refractivity contribution in [3.63, 3.8) is 0 Å². The van der Waals surface area contributed by atoms with Gasteiger partial charge in [-0.2, -0.15) is 0 Å². The highest BCUT2D eigenvalue weighted by Crippen LogP contribution is 2.26. The van der Waals surface area contributed by atoms with Gasteiger partial charge in [0.1, 0.15) is 5.60 Å². The standard InChI is InChI=1S/C29H49N3O5/c1-9-17-29(36,18-10-2)19-16-23-14-11-13-22(21-23)15-12-20-30-24(31-25(33)34)32(27(3,4)5)26(35)37-28(6,7)8/h11,13-14,21,36H,9-10,12,15-20H2,1-8H3,(H,30,31)(H,33,34). The average Bonchev–Trinajstić information content (AvgIpc) is 2.73. The van der Waals surface area contributed by atoms with E-state index >= 15 is 0 Å². The second-order valence-electron chi connectivity index (χ2n) is 11.8. The van der Waals surface area contributed by atoms with Crippen LogP contribution in [0.3, 0.4) is 0 Å². The second kappa shape index (κ2) is 14.4. The van der Waals surface area contributed by atoms with Crippen LogP contribution in [0.15, 0.2) is 29.3 Å². The number of carboxylic acid groups (broad SMARTS) is 1. The number of nitrogens with one attached hydrogen (secondary N) is 1. The van der Waals surface area contributed by atoms with E-state index in [9.17, 15) is 19.8 Å². The largest absolute Gasteiger partial charge is 0.463 e. The summed E-state index contributed by atoms with van der Waals surface area (Å²) in [5.41, 5.74) is 0.285. The Bertz CT molecular complexity index is 894. The van der Waals surface area contributed by atoms with Gasteiger partial charge in [0.15, 0.2) is 0 Å². The number of benzene rings is 1. The number of amides is 2. The molecule has 0 fully saturated rings. The zero-order valence-corrected chi connectivity index (χ0v) is 24.2. The van der Waals surface area contributed by atoms with E-state index in [1.807, 2.05) is 6.07 Å². The monoisotopic (exact) mass is 519 g/mol. The van der Waals surface area contributed by atoms with Crippen molar-refractivity contribution in [3.8, 4) is 0 Å². The molecule has 0 saturated carbocycles. The van der Waals surface area contributed by atoms with Crippen LogP contribution in [0, 0.1) is 0 Å². The van der Waals surface area contributed by atoms with E-state index in [1.165, 1.54) is 16.0 Å². The molecule has 0 aliphatic carbocycles. The van der Waals surface area contributed by atoms with Crippen LogP contribution in [0.25, 0.3) is 0 Å². The number of hydrogen-bond donors (Lipinski definition) is 3. The molecule has 37 heavy (non-hydrogen) atoms. The Kier molecular flexibility index (Phi) is 12.6. The van der Waals surface area contributed by atoms with Gasteiger partial charge < -0.3 is 20.3 Å². The van der Waals surface area contributed by atoms with Crippen LogP contribution in [0.4, 0.5) is 9.59 Å². The molecule has 0 radical (unpaired) electrons. The molecular formula is C29H49N3O5. The van der Waals surface area contributed by atoms with Crippen LogP contribution in [-0.4, -0.2) is 56.5 Å². The van der Waals surface area contributed by atoms with Crippen molar-refractivity contribution in [3.05, 3.63) is 35.4 Å². The van der Waals surface area contributed by atoms with Gasteiger partial charge in [0.25, 0.3) is 0 Å². The number of ether oxygens (including phenoxy) is 1. The number of carbonyl (C=O) groups excluding carboxylic acids is 1. The van der Waals surface area contributed by atoms with Crippen molar-refractivity contribution in [2.75, 3.05) is 6.54 Å². The Morgan fingerprint density at radius 2 is 1.54 bits per heavy atom. The molecule has 0 aliphatic heterocycles. The summed E-state index contributed by atoms with van der Waals surface area (Å²) in [5, 5.41) is 23.3. The summed E-state index contributed by atoms with van der Waals surface area (Å²) in [6, 6.07) is 8.38. The third kappa shape index (κ3) is 12.5. The van der Waals surface area contributed by atoms with E-state index in [-0.39, 0.29) is 5.96 Å². The number of guanidine groups is 1. The molecule has 0 unspecified atom stereocenters. The summed E-state index contributed by atoms with van der Waals surface area (Å²) in [7, 11) is 0. The number of aliphatic hydroxyl groups is 1. The summed E-state index contributed by atoms with van der Waals surface area (Å²) in [4.78, 5) is 29.2. The first-order valence-corrected chi connectivity index (χ1v) is 13.5. The molecule has 8 heteroatoms. The molecule has 0 aromatic heterocycles. The predicted molar refractivity (Wildman–Crippen MR) is 149 cm³/mol. The lowest BCUT2D eigenvalue weighted by molar-refractivity contribution is 0.0131. The van der Waals surface area contributed by atoms with E-state index in [2.05, 4.69) is 42.4 Å². The summed E-state index contributed by atoms with van der Waals surface area (Å²) in [6.45, 7) is 15.3. The van der Waals surface area contributed by atoms with Gasteiger partial charge >= 0.3 is 12.2 Å². The average molecular weight is 520 g/mol. The fraction of sp³-hybridized carbons (Fsp3) is 0.690. The highest BCUT2D eigenvalue weighted by Gasteiger charge is 2.35. The van der Waals surface area contributed by atoms with E-state index in [0.717, 1.165) is 44.9 Å². The normalized spacial score (nSPS) is 12.8. The first-order chi connectivity index (χ1) is 17.1. The molecule has 0 aliphatic rings. The molecule has 0 spiro atoms. The van der Waals surface area contributed by atoms with Crippen LogP contribution in [0.1, 0.15) is 105 Å². The van der Waals surface area contributed by atoms with Crippen LogP contribution in [0.5, 0.6) is 0 Å². The van der Waals surface area contributed by atoms with Gasteiger partial charge in [-0.05, 0) is 91.2 Å². The Morgan fingerprint density at radius 3 is 2.03 bits per heavy atom. The number of rotatable bonds is 11. The maximum absolute atomic E-state index is 12.9. The fourth-order valence-corrected chi connectivity index (χ4v) is 4.36. The van der Waals surface area contributed by atoms with Gasteiger partial charge in [-0.1, -0.05) is 51.0 Å². The van der Waals surface area contributed by atoms with Gasteiger partial charge in [-0.25, -0.2) is 14.5 Å². The lowest BCUT2D eigenvalue weighted by atomic mass is 9.86. The molecule has 2 amide bonds. The molecule has 8 nitrogen and oxygen atoms in total. The van der Waals surface area contributed by atoms with Gasteiger partial charge in [-0.3, -0.25) is 0 Å². The fourth-order valence-electron chi connectivity index (χ4n) is 4.36. The maximum atomic E-state index is 12.9. The zero-order valence-electron chi connectivity index (χ0n) is 24.2. The van der Waals surface area contributed by atoms with Crippen molar-refractivity contribution in [2.45, 2.75) is 123 Å². The molecule has 3 N–H and O–H groups in total. The van der Waals surface area contributed by atoms with Gasteiger partial charge in [0, 0.05) is 12.1 Å². The van der Waals surface area contributed by atoms with Crippen LogP contribution >= 0.6 is 0 Å². The lowest BCUT2D eigenvalue weighted by Crippen LogP contribution is -2.56. The van der Waals surface area contributed by atoms with E-state index in [1.54, 1.807) is 41.5 Å². The minimum absolute atomic E-state index is 0.0471. The number of aryl methyl sites for hydroxylation is 2. The van der Waals surface area contributed by atoms with Crippen molar-refractivity contribution in [1.29, 1.82) is 0 Å². The molecule has 0 heterocycles. The molecule has 1 aromatic rings. The number of aliphatic imine (C=N–C) groups is 1. The first-order valence-electron chi connectivity index (χ1n) is 13.5. The Labute approximate surface area is 223 Å². The van der Waals surface area contributed by atoms with Crippen LogP contribution in [-0.2, 0) is 17.6 Å². The number of nitrogens with zero attached hydrogens (tertiary/aromatic N) is 2. The van der Waals surface area contributed by atoms with Crippen molar-refractivity contribution < 1.29 is 24.5 Å². The zero-order chi connectivity index (χ0) is 28.3. The Balaban J connectivity index is 2.84. The minimum atomic E-state index is -1.39. The molecule has 0 saturated heterocycles. The highest BCUT2D eigenvalue weighted by atomic mass is 16.6. The van der Waals surface area contributed by atoms with Crippen molar-refractivity contribution in [2.24, 2.45) is 4.99 Å². The minimum Gasteiger partial charge on any atom is -0.463 e. The lowest BCUT2D eigenvalue weighted by Gasteiger charge is -2.37. The smallest absolute Gasteiger partial charge is 0.434 e. The van der Waals surface area contributed by atoms with Crippen LogP contribution < -0.4 is 5.32 Å². The molecule has 0 atom stereocenters. The number of hydrogen-bond acceptors (Lipinski definition) is 4. The van der Waals surface area contributed by atoms with E-state index < -0.39 is 28.9 Å². The third-order valence-electron chi connectivity index (χ3n) is 5.89. The summed E-state index contributed by atoms with van der Waals surface area (Å²) >= 11 is 0. The summed E-state index contributed by atoms with van der Waals surface area (Å²) in [5.74, 6) is -0.0471. The highest BCUT2D eigenvalue weighted by molar-refractivity contribution is 5.99. The number of carbonyl (C=O) groups is 2. The van der Waals surface area contributed by atoms with Crippen LogP contribution in [0.2, 0.25) is 0 Å². The summed E-state index contributed by atoms with van der Waals surface area (Å²) < 4.78 is 5.51. The second-order valence-corrected chi connectivity index (χ2v) is 11.8. The van der Waals surface area contributed by atoms with Crippen molar-refractivity contribution >= 4 is 18.1 Å². The van der Waals surface area contributed by atoms with Gasteiger partial charge in [-0.15, -0.1) is 4.99 Å². The quantitative estimate of drug-likeness (QED) is 0.174. The van der Waals surface area contributed by atoms with E-state index in [4.69, 9.17) is 4.74 Å². The molecular weight excluding hydrogens is 470 g/mol. The molecule has 210 valence electrons. The maximum Gasteiger partial charge on any atom is 0.434 e. The third-order valence-corrected chi connectivity index (χ3v) is 5.89. The topological polar surface area (TPSA) is 111 Å². The molecule has 1 rings (SSSR count). The SMILES string of the molecule is CCCC(O)(CCC)CCc1cccc(CCCNC(=NC(=O)O)N(C(=O)OC(C)(C)C)C(C)(C)C)c1. The van der Waals surface area contributed by atoms with Gasteiger partial charge in [0.2, 0.25) is 5.96 Å². The summed E-state index contributed by atoms with van der Waals surface area (Å²) in [6.07, 6.45) is 4.60. The first kappa shape index (κ1) is 32.4. The Morgan fingerprint density at radius 1 is 0.973 bits per heavy atom. The van der Waals surface area contributed by atoms with Gasteiger partial charge in [0.05, 0.1) is 5.60 Å². The van der Waals surface area contributed by atoms with E-state index in [0.29, 0.717) is 13.0 Å². The Hall–Kier alpha value is -2.61.